The van der Waals surface area contributed by atoms with Crippen LogP contribution in [0.2, 0.25) is 0 Å². The molecule has 0 atom stereocenters. The third kappa shape index (κ3) is 4.23. The maximum Gasteiger partial charge on any atom is 0.187 e. The molecule has 0 saturated carbocycles. The van der Waals surface area contributed by atoms with Gasteiger partial charge in [0.2, 0.25) is 0 Å². The molecule has 0 unspecified atom stereocenters. The number of nitrogens with one attached hydrogen (secondary N) is 1. The average molecular weight is 297 g/mol. The normalized spacial score (nSPS) is 10.8. The highest BCUT2D eigenvalue weighted by atomic mass is 32.2. The van der Waals surface area contributed by atoms with Crippen molar-refractivity contribution in [2.24, 2.45) is 0 Å². The van der Waals surface area contributed by atoms with Crippen molar-refractivity contribution >= 4 is 23.2 Å². The van der Waals surface area contributed by atoms with E-state index >= 15 is 0 Å². The molecule has 0 radical (unpaired) electrons. The largest absolute Gasteiger partial charge is 0.362 e. The van der Waals surface area contributed by atoms with Gasteiger partial charge in [0, 0.05) is 28.4 Å². The summed E-state index contributed by atoms with van der Waals surface area (Å²) in [5.74, 6) is 0.0180. The van der Waals surface area contributed by atoms with Crippen molar-refractivity contribution in [1.82, 2.24) is 0 Å². The predicted octanol–water partition coefficient (Wildman–Crippen LogP) is 4.83. The highest BCUT2D eigenvalue weighted by molar-refractivity contribution is 7.98. The zero-order valence-corrected chi connectivity index (χ0v) is 13.3. The SMILES string of the molecule is CSc1ccc(NC=CC(=O)c2cc(C)ccc2C)cc1. The number of rotatable bonds is 5. The van der Waals surface area contributed by atoms with Crippen LogP contribution in [0.4, 0.5) is 5.69 Å². The number of carbonyl (C=O) groups excluding carboxylic acids is 1. The first-order valence-corrected chi connectivity index (χ1v) is 8.01. The van der Waals surface area contributed by atoms with Crippen LogP contribution in [0.5, 0.6) is 0 Å². The smallest absolute Gasteiger partial charge is 0.187 e. The summed E-state index contributed by atoms with van der Waals surface area (Å²) in [6, 6.07) is 14.0. The fourth-order valence-electron chi connectivity index (χ4n) is 1.99. The summed E-state index contributed by atoms with van der Waals surface area (Å²) in [4.78, 5) is 13.4. The van der Waals surface area contributed by atoms with Gasteiger partial charge < -0.3 is 5.32 Å². The van der Waals surface area contributed by atoms with Gasteiger partial charge in [0.15, 0.2) is 5.78 Å². The molecule has 0 saturated heterocycles. The highest BCUT2D eigenvalue weighted by Crippen LogP contribution is 2.17. The summed E-state index contributed by atoms with van der Waals surface area (Å²) in [6.45, 7) is 3.95. The first-order chi connectivity index (χ1) is 10.1. The van der Waals surface area contributed by atoms with Crippen molar-refractivity contribution in [3.05, 3.63) is 71.4 Å². The van der Waals surface area contributed by atoms with E-state index < -0.39 is 0 Å². The standard InChI is InChI=1S/C18H19NOS/c1-13-4-5-14(2)17(12-13)18(20)10-11-19-15-6-8-16(21-3)9-7-15/h4-12,19H,1-3H3. The first-order valence-electron chi connectivity index (χ1n) is 6.79. The summed E-state index contributed by atoms with van der Waals surface area (Å²) in [7, 11) is 0. The van der Waals surface area contributed by atoms with Crippen LogP contribution in [-0.2, 0) is 0 Å². The minimum Gasteiger partial charge on any atom is -0.362 e. The lowest BCUT2D eigenvalue weighted by atomic mass is 10.0. The van der Waals surface area contributed by atoms with Gasteiger partial charge >= 0.3 is 0 Å². The van der Waals surface area contributed by atoms with E-state index in [1.807, 2.05) is 62.6 Å². The van der Waals surface area contributed by atoms with Gasteiger partial charge in [0.05, 0.1) is 0 Å². The Morgan fingerprint density at radius 1 is 1.10 bits per heavy atom. The van der Waals surface area contributed by atoms with Crippen LogP contribution in [0, 0.1) is 13.8 Å². The monoisotopic (exact) mass is 297 g/mol. The zero-order valence-electron chi connectivity index (χ0n) is 12.5. The Hall–Kier alpha value is -2.00. The van der Waals surface area contributed by atoms with Crippen molar-refractivity contribution < 1.29 is 4.79 Å². The second-order valence-corrected chi connectivity index (χ2v) is 5.77. The number of thioether (sulfide) groups is 1. The second-order valence-electron chi connectivity index (χ2n) is 4.89. The van der Waals surface area contributed by atoms with E-state index in [0.29, 0.717) is 0 Å². The van der Waals surface area contributed by atoms with E-state index in [1.165, 1.54) is 4.90 Å². The number of carbonyl (C=O) groups is 1. The van der Waals surface area contributed by atoms with E-state index in [9.17, 15) is 4.79 Å². The molecule has 0 aromatic heterocycles. The molecule has 0 fully saturated rings. The number of allylic oxidation sites excluding steroid dienone is 1. The van der Waals surface area contributed by atoms with Crippen LogP contribution < -0.4 is 5.32 Å². The Labute approximate surface area is 130 Å². The van der Waals surface area contributed by atoms with Crippen LogP contribution >= 0.6 is 11.8 Å². The fraction of sp³-hybridized carbons (Fsp3) is 0.167. The topological polar surface area (TPSA) is 29.1 Å². The van der Waals surface area contributed by atoms with Crippen molar-refractivity contribution in [3.8, 4) is 0 Å². The molecule has 2 nitrogen and oxygen atoms in total. The number of hydrogen-bond acceptors (Lipinski definition) is 3. The minimum absolute atomic E-state index is 0.0180. The van der Waals surface area contributed by atoms with Crippen LogP contribution in [-0.4, -0.2) is 12.0 Å². The number of anilines is 1. The molecule has 0 amide bonds. The van der Waals surface area contributed by atoms with Gasteiger partial charge in [0.1, 0.15) is 0 Å². The van der Waals surface area contributed by atoms with Crippen molar-refractivity contribution in [3.63, 3.8) is 0 Å². The molecule has 108 valence electrons. The molecule has 21 heavy (non-hydrogen) atoms. The Morgan fingerprint density at radius 3 is 2.48 bits per heavy atom. The molecule has 0 spiro atoms. The number of aryl methyl sites for hydroxylation is 2. The Bertz CT molecular complexity index is 659. The van der Waals surface area contributed by atoms with Crippen molar-refractivity contribution in [2.45, 2.75) is 18.7 Å². The molecular weight excluding hydrogens is 278 g/mol. The van der Waals surface area contributed by atoms with Gasteiger partial charge in [-0.05, 0) is 56.0 Å². The molecule has 2 aromatic carbocycles. The van der Waals surface area contributed by atoms with Gasteiger partial charge in [-0.25, -0.2) is 0 Å². The van der Waals surface area contributed by atoms with Crippen LogP contribution in [0.15, 0.2) is 59.6 Å². The molecule has 0 bridgehead atoms. The summed E-state index contributed by atoms with van der Waals surface area (Å²) in [6.07, 6.45) is 5.31. The zero-order chi connectivity index (χ0) is 15.2. The fourth-order valence-corrected chi connectivity index (χ4v) is 2.40. The maximum absolute atomic E-state index is 12.2. The number of ketones is 1. The van der Waals surface area contributed by atoms with Crippen molar-refractivity contribution in [2.75, 3.05) is 11.6 Å². The Kier molecular flexibility index (Phi) is 5.23. The molecule has 2 rings (SSSR count). The van der Waals surface area contributed by atoms with E-state index in [0.717, 1.165) is 22.4 Å². The predicted molar refractivity (Wildman–Crippen MR) is 91.2 cm³/mol. The van der Waals surface area contributed by atoms with Crippen LogP contribution in [0.25, 0.3) is 0 Å². The second kappa shape index (κ2) is 7.14. The van der Waals surface area contributed by atoms with Gasteiger partial charge in [-0.2, -0.15) is 0 Å². The molecule has 0 heterocycles. The summed E-state index contributed by atoms with van der Waals surface area (Å²) >= 11 is 1.71. The Balaban J connectivity index is 2.03. The van der Waals surface area contributed by atoms with E-state index in [1.54, 1.807) is 24.0 Å². The van der Waals surface area contributed by atoms with Gasteiger partial charge in [-0.15, -0.1) is 11.8 Å². The van der Waals surface area contributed by atoms with Crippen LogP contribution in [0.3, 0.4) is 0 Å². The summed E-state index contributed by atoms with van der Waals surface area (Å²) in [5.41, 5.74) is 3.82. The molecule has 3 heteroatoms. The summed E-state index contributed by atoms with van der Waals surface area (Å²) in [5, 5.41) is 3.12. The Morgan fingerprint density at radius 2 is 1.81 bits per heavy atom. The number of hydrogen-bond donors (Lipinski definition) is 1. The molecule has 1 N–H and O–H groups in total. The average Bonchev–Trinajstić information content (AvgIpc) is 2.50. The number of benzene rings is 2. The van der Waals surface area contributed by atoms with Gasteiger partial charge in [0.25, 0.3) is 0 Å². The third-order valence-corrected chi connectivity index (χ3v) is 3.98. The lowest BCUT2D eigenvalue weighted by Crippen LogP contribution is -1.99. The molecular formula is C18H19NOS. The van der Waals surface area contributed by atoms with Crippen LogP contribution in [0.1, 0.15) is 21.5 Å². The first kappa shape index (κ1) is 15.4. The van der Waals surface area contributed by atoms with E-state index in [2.05, 4.69) is 5.32 Å². The molecule has 0 aliphatic carbocycles. The van der Waals surface area contributed by atoms with E-state index in [-0.39, 0.29) is 5.78 Å². The van der Waals surface area contributed by atoms with E-state index in [4.69, 9.17) is 0 Å². The lowest BCUT2D eigenvalue weighted by Gasteiger charge is -2.04. The lowest BCUT2D eigenvalue weighted by molar-refractivity contribution is 0.104. The van der Waals surface area contributed by atoms with Gasteiger partial charge in [-0.3, -0.25) is 4.79 Å². The minimum atomic E-state index is 0.0180. The third-order valence-electron chi connectivity index (χ3n) is 3.23. The summed E-state index contributed by atoms with van der Waals surface area (Å²) < 4.78 is 0. The molecule has 0 aliphatic rings. The van der Waals surface area contributed by atoms with Crippen molar-refractivity contribution in [1.29, 1.82) is 0 Å². The highest BCUT2D eigenvalue weighted by Gasteiger charge is 2.05. The van der Waals surface area contributed by atoms with Gasteiger partial charge in [-0.1, -0.05) is 17.7 Å². The maximum atomic E-state index is 12.2. The molecule has 2 aromatic rings. The quantitative estimate of drug-likeness (QED) is 0.487. The molecule has 0 aliphatic heterocycles.